The fourth-order valence-corrected chi connectivity index (χ4v) is 1.73. The van der Waals surface area contributed by atoms with Gasteiger partial charge >= 0.3 is 0 Å². The Morgan fingerprint density at radius 3 is 2.87 bits per heavy atom. The van der Waals surface area contributed by atoms with E-state index in [4.69, 9.17) is 0 Å². The molecule has 1 fully saturated rings. The van der Waals surface area contributed by atoms with E-state index in [1.165, 1.54) is 12.1 Å². The molecule has 1 aliphatic rings. The van der Waals surface area contributed by atoms with Gasteiger partial charge in [0.05, 0.1) is 6.04 Å². The molecule has 1 unspecified atom stereocenters. The number of rotatable bonds is 3. The summed E-state index contributed by atoms with van der Waals surface area (Å²) in [6, 6.07) is 6.31. The lowest BCUT2D eigenvalue weighted by atomic mass is 10.2. The van der Waals surface area contributed by atoms with Crippen LogP contribution in [0.1, 0.15) is 5.56 Å². The average Bonchev–Trinajstić information content (AvgIpc) is 2.69. The third-order valence-electron chi connectivity index (χ3n) is 2.59. The first kappa shape index (κ1) is 10.3. The maximum atomic E-state index is 12.7. The summed E-state index contributed by atoms with van der Waals surface area (Å²) in [6.07, 6.45) is 0.948. The van der Waals surface area contributed by atoms with Crippen LogP contribution < -0.4 is 5.32 Å². The molecule has 0 aliphatic carbocycles. The molecule has 3 nitrogen and oxygen atoms in total. The highest BCUT2D eigenvalue weighted by molar-refractivity contribution is 5.58. The Hall–Kier alpha value is -1.26. The summed E-state index contributed by atoms with van der Waals surface area (Å²) in [7, 11) is 0. The zero-order chi connectivity index (χ0) is 10.7. The first-order valence-electron chi connectivity index (χ1n) is 4.94. The van der Waals surface area contributed by atoms with Crippen LogP contribution in [0.15, 0.2) is 24.3 Å². The van der Waals surface area contributed by atoms with Gasteiger partial charge < -0.3 is 10.1 Å². The third-order valence-corrected chi connectivity index (χ3v) is 2.59. The molecule has 0 amide bonds. The van der Waals surface area contributed by atoms with E-state index in [9.17, 15) is 9.18 Å². The number of carbonyl (C=O) groups is 1. The third kappa shape index (κ3) is 2.40. The summed E-state index contributed by atoms with van der Waals surface area (Å²) in [4.78, 5) is 12.7. The maximum absolute atomic E-state index is 12.7. The summed E-state index contributed by atoms with van der Waals surface area (Å²) in [5.74, 6) is -0.231. The molecule has 1 aromatic rings. The van der Waals surface area contributed by atoms with Crippen molar-refractivity contribution < 1.29 is 9.18 Å². The normalized spacial score (nSPS) is 21.8. The Morgan fingerprint density at radius 1 is 1.47 bits per heavy atom. The molecule has 4 heteroatoms. The highest BCUT2D eigenvalue weighted by Crippen LogP contribution is 2.10. The summed E-state index contributed by atoms with van der Waals surface area (Å²) in [5, 5.41) is 3.13. The van der Waals surface area contributed by atoms with Crippen LogP contribution in [-0.2, 0) is 11.3 Å². The Labute approximate surface area is 87.9 Å². The molecule has 0 bridgehead atoms. The van der Waals surface area contributed by atoms with Crippen molar-refractivity contribution in [1.29, 1.82) is 0 Å². The van der Waals surface area contributed by atoms with Gasteiger partial charge in [-0.15, -0.1) is 0 Å². The second kappa shape index (κ2) is 4.51. The highest BCUT2D eigenvalue weighted by atomic mass is 19.1. The Bertz CT molecular complexity index is 339. The lowest BCUT2D eigenvalue weighted by Gasteiger charge is -2.18. The molecular weight excluding hydrogens is 195 g/mol. The molecule has 80 valence electrons. The van der Waals surface area contributed by atoms with Gasteiger partial charge in [0.1, 0.15) is 12.1 Å². The zero-order valence-corrected chi connectivity index (χ0v) is 8.32. The smallest absolute Gasteiger partial charge is 0.138 e. The van der Waals surface area contributed by atoms with Crippen molar-refractivity contribution in [3.63, 3.8) is 0 Å². The van der Waals surface area contributed by atoms with E-state index in [-0.39, 0.29) is 11.9 Å². The Kier molecular flexibility index (Phi) is 3.08. The molecule has 0 spiro atoms. The van der Waals surface area contributed by atoms with Gasteiger partial charge in [-0.25, -0.2) is 4.39 Å². The molecular formula is C11H13FN2O. The predicted octanol–water partition coefficient (Wildman–Crippen LogP) is 0.756. The van der Waals surface area contributed by atoms with E-state index in [1.54, 1.807) is 12.1 Å². The SMILES string of the molecule is O=CC1CNCN1Cc1ccc(F)cc1. The molecule has 1 heterocycles. The molecule has 1 saturated heterocycles. The number of carbonyl (C=O) groups excluding carboxylic acids is 1. The van der Waals surface area contributed by atoms with Crippen molar-refractivity contribution in [3.05, 3.63) is 35.6 Å². The minimum absolute atomic E-state index is 0.0601. The second-order valence-electron chi connectivity index (χ2n) is 3.69. The Balaban J connectivity index is 2.02. The fourth-order valence-electron chi connectivity index (χ4n) is 1.73. The number of benzene rings is 1. The average molecular weight is 208 g/mol. The molecule has 1 atom stereocenters. The van der Waals surface area contributed by atoms with Crippen LogP contribution in [-0.4, -0.2) is 30.4 Å². The lowest BCUT2D eigenvalue weighted by molar-refractivity contribution is -0.111. The van der Waals surface area contributed by atoms with Crippen molar-refractivity contribution in [2.24, 2.45) is 0 Å². The molecule has 0 saturated carbocycles. The van der Waals surface area contributed by atoms with E-state index in [2.05, 4.69) is 5.32 Å². The quantitative estimate of drug-likeness (QED) is 0.744. The highest BCUT2D eigenvalue weighted by Gasteiger charge is 2.22. The first-order valence-corrected chi connectivity index (χ1v) is 4.94. The largest absolute Gasteiger partial charge is 0.302 e. The topological polar surface area (TPSA) is 32.3 Å². The van der Waals surface area contributed by atoms with Crippen LogP contribution in [0.25, 0.3) is 0 Å². The van der Waals surface area contributed by atoms with E-state index in [1.807, 2.05) is 4.90 Å². The molecule has 2 rings (SSSR count). The van der Waals surface area contributed by atoms with Crippen molar-refractivity contribution >= 4 is 6.29 Å². The Morgan fingerprint density at radius 2 is 2.20 bits per heavy atom. The van der Waals surface area contributed by atoms with Crippen molar-refractivity contribution in [2.45, 2.75) is 12.6 Å². The number of aldehydes is 1. The van der Waals surface area contributed by atoms with Gasteiger partial charge in [0, 0.05) is 19.8 Å². The molecule has 1 aliphatic heterocycles. The van der Waals surface area contributed by atoms with Gasteiger partial charge in [-0.3, -0.25) is 4.90 Å². The molecule has 0 aromatic heterocycles. The van der Waals surface area contributed by atoms with Crippen LogP contribution in [0, 0.1) is 5.82 Å². The summed E-state index contributed by atoms with van der Waals surface area (Å²) >= 11 is 0. The monoisotopic (exact) mass is 208 g/mol. The van der Waals surface area contributed by atoms with Crippen LogP contribution >= 0.6 is 0 Å². The van der Waals surface area contributed by atoms with Crippen LogP contribution in [0.2, 0.25) is 0 Å². The summed E-state index contributed by atoms with van der Waals surface area (Å²) in [6.45, 7) is 2.09. The van der Waals surface area contributed by atoms with E-state index < -0.39 is 0 Å². The standard InChI is InChI=1S/C11H13FN2O/c12-10-3-1-9(2-4-10)6-14-8-13-5-11(14)7-15/h1-4,7,11,13H,5-6,8H2. The zero-order valence-electron chi connectivity index (χ0n) is 8.32. The van der Waals surface area contributed by atoms with E-state index in [0.29, 0.717) is 19.8 Å². The van der Waals surface area contributed by atoms with Gasteiger partial charge in [-0.05, 0) is 17.7 Å². The van der Waals surface area contributed by atoms with Crippen LogP contribution in [0.4, 0.5) is 4.39 Å². The molecule has 1 aromatic carbocycles. The van der Waals surface area contributed by atoms with Gasteiger partial charge in [0.15, 0.2) is 0 Å². The van der Waals surface area contributed by atoms with Gasteiger partial charge in [-0.1, -0.05) is 12.1 Å². The van der Waals surface area contributed by atoms with Crippen molar-refractivity contribution in [1.82, 2.24) is 10.2 Å². The molecule has 1 N–H and O–H groups in total. The second-order valence-corrected chi connectivity index (χ2v) is 3.69. The number of hydrogen-bond donors (Lipinski definition) is 1. The first-order chi connectivity index (χ1) is 7.29. The minimum Gasteiger partial charge on any atom is -0.302 e. The molecule has 15 heavy (non-hydrogen) atoms. The predicted molar refractivity (Wildman–Crippen MR) is 54.7 cm³/mol. The summed E-state index contributed by atoms with van der Waals surface area (Å²) in [5.41, 5.74) is 1.02. The lowest BCUT2D eigenvalue weighted by Crippen LogP contribution is -2.31. The van der Waals surface area contributed by atoms with Gasteiger partial charge in [0.25, 0.3) is 0 Å². The summed E-state index contributed by atoms with van der Waals surface area (Å²) < 4.78 is 12.7. The number of hydrogen-bond acceptors (Lipinski definition) is 3. The van der Waals surface area contributed by atoms with Gasteiger partial charge in [0.2, 0.25) is 0 Å². The number of nitrogens with one attached hydrogen (secondary N) is 1. The van der Waals surface area contributed by atoms with E-state index >= 15 is 0 Å². The van der Waals surface area contributed by atoms with Gasteiger partial charge in [-0.2, -0.15) is 0 Å². The van der Waals surface area contributed by atoms with Crippen LogP contribution in [0.3, 0.4) is 0 Å². The number of nitrogens with zero attached hydrogens (tertiary/aromatic N) is 1. The minimum atomic E-state index is -0.231. The number of halogens is 1. The van der Waals surface area contributed by atoms with Crippen LogP contribution in [0.5, 0.6) is 0 Å². The van der Waals surface area contributed by atoms with E-state index in [0.717, 1.165) is 11.8 Å². The fraction of sp³-hybridized carbons (Fsp3) is 0.364. The van der Waals surface area contributed by atoms with Crippen molar-refractivity contribution in [2.75, 3.05) is 13.2 Å². The maximum Gasteiger partial charge on any atom is 0.138 e. The van der Waals surface area contributed by atoms with Crippen molar-refractivity contribution in [3.8, 4) is 0 Å². The molecule has 0 radical (unpaired) electrons.